The van der Waals surface area contributed by atoms with Gasteiger partial charge in [0.15, 0.2) is 6.23 Å². The number of nitrogens with zero attached hydrogens (tertiary/aromatic N) is 3. The zero-order valence-electron chi connectivity index (χ0n) is 32.5. The first-order valence-corrected chi connectivity index (χ1v) is 19.5. The highest BCUT2D eigenvalue weighted by Gasteiger charge is 2.51. The largest absolute Gasteiger partial charge is 0.497 e. The molecule has 1 aliphatic rings. The van der Waals surface area contributed by atoms with Gasteiger partial charge in [-0.05, 0) is 68.7 Å². The molecular formula is C42H49N4O9P. The molecule has 4 aromatic rings. The number of aromatic amines is 1. The van der Waals surface area contributed by atoms with Crippen LogP contribution in [0, 0.1) is 23.7 Å². The Hall–Kier alpha value is -4.82. The van der Waals surface area contributed by atoms with E-state index >= 15 is 0 Å². The smallest absolute Gasteiger partial charge is 0.330 e. The van der Waals surface area contributed by atoms with Crippen LogP contribution in [0.15, 0.2) is 101 Å². The van der Waals surface area contributed by atoms with Crippen molar-refractivity contribution in [3.8, 4) is 29.9 Å². The Bertz CT molecular complexity index is 1990. The van der Waals surface area contributed by atoms with E-state index in [-0.39, 0.29) is 38.3 Å². The van der Waals surface area contributed by atoms with Crippen LogP contribution in [-0.4, -0.2) is 78.7 Å². The summed E-state index contributed by atoms with van der Waals surface area (Å²) in [5.74, 6) is 3.86. The SMILES string of the molecule is C#CCO[C@@H]1[C@H](OP(OCCC#N)N(C(C)C)C(C)C)[C@@H](COC(c2ccccc2)(c2ccc(OC)cc2)c2ccc(OC)cc2)O[C@H]1n1ccc(=O)[nH]c1=O. The highest BCUT2D eigenvalue weighted by atomic mass is 31.2. The molecule has 1 N–H and O–H groups in total. The van der Waals surface area contributed by atoms with Gasteiger partial charge in [0, 0.05) is 24.3 Å². The second-order valence-corrected chi connectivity index (χ2v) is 14.9. The van der Waals surface area contributed by atoms with Crippen LogP contribution < -0.4 is 20.7 Å². The van der Waals surface area contributed by atoms with Gasteiger partial charge in [0.1, 0.15) is 42.0 Å². The van der Waals surface area contributed by atoms with Gasteiger partial charge >= 0.3 is 5.69 Å². The number of hydrogen-bond acceptors (Lipinski definition) is 11. The highest BCUT2D eigenvalue weighted by Crippen LogP contribution is 2.51. The Balaban J connectivity index is 1.67. The summed E-state index contributed by atoms with van der Waals surface area (Å²) in [6.07, 6.45) is 3.31. The third-order valence-corrected chi connectivity index (χ3v) is 11.4. The zero-order chi connectivity index (χ0) is 40.2. The van der Waals surface area contributed by atoms with Crippen LogP contribution in [0.3, 0.4) is 0 Å². The first-order chi connectivity index (χ1) is 27.1. The lowest BCUT2D eigenvalue weighted by Gasteiger charge is -2.39. The number of rotatable bonds is 19. The van der Waals surface area contributed by atoms with Crippen LogP contribution >= 0.6 is 8.53 Å². The second-order valence-electron chi connectivity index (χ2n) is 13.5. The molecule has 0 spiro atoms. The van der Waals surface area contributed by atoms with Gasteiger partial charge in [-0.3, -0.25) is 14.3 Å². The molecule has 0 amide bonds. The molecule has 5 atom stereocenters. The fraction of sp³-hybridized carbons (Fsp3) is 0.405. The molecule has 1 aliphatic heterocycles. The zero-order valence-corrected chi connectivity index (χ0v) is 33.4. The van der Waals surface area contributed by atoms with Gasteiger partial charge in [0.25, 0.3) is 14.1 Å². The summed E-state index contributed by atoms with van der Waals surface area (Å²) in [6.45, 7) is 8.03. The van der Waals surface area contributed by atoms with Crippen LogP contribution in [0.5, 0.6) is 11.5 Å². The molecule has 1 saturated heterocycles. The van der Waals surface area contributed by atoms with Crippen LogP contribution in [0.4, 0.5) is 0 Å². The second kappa shape index (κ2) is 19.9. The van der Waals surface area contributed by atoms with Crippen molar-refractivity contribution in [3.05, 3.63) is 129 Å². The average Bonchev–Trinajstić information content (AvgIpc) is 3.53. The van der Waals surface area contributed by atoms with Crippen molar-refractivity contribution in [3.63, 3.8) is 0 Å². The number of H-pyrrole nitrogens is 1. The molecule has 0 bridgehead atoms. The lowest BCUT2D eigenvalue weighted by molar-refractivity contribution is -0.0965. The number of nitriles is 1. The molecule has 56 heavy (non-hydrogen) atoms. The molecule has 1 aromatic heterocycles. The van der Waals surface area contributed by atoms with Gasteiger partial charge in [0.2, 0.25) is 0 Å². The minimum Gasteiger partial charge on any atom is -0.497 e. The minimum absolute atomic E-state index is 0.0150. The van der Waals surface area contributed by atoms with Crippen molar-refractivity contribution >= 4 is 8.53 Å². The van der Waals surface area contributed by atoms with E-state index in [0.29, 0.717) is 11.5 Å². The standard InChI is InChI=1S/C42H49N4O9P/c1-8-26-51-39-38(55-56(53-27-12-24-43)46(29(2)3)30(4)5)36(54-40(39)45-25-23-37(47)44-41(45)48)28-52-42(31-13-10-9-11-14-31,32-15-19-34(49-6)20-16-32)33-17-21-35(50-7)22-18-33/h1,9-11,13-23,25,29-30,36,38-40H,12,26-28H2,2-7H3,(H,44,47,48)/t36-,38-,39-,40-,56?/m1/s1. The minimum atomic E-state index is -1.83. The number of ether oxygens (including phenoxy) is 5. The first kappa shape index (κ1) is 42.3. The third kappa shape index (κ3) is 9.58. The molecule has 5 rings (SSSR count). The van der Waals surface area contributed by atoms with Gasteiger partial charge in [-0.2, -0.15) is 5.26 Å². The maximum absolute atomic E-state index is 13.3. The van der Waals surface area contributed by atoms with E-state index in [1.165, 1.54) is 16.8 Å². The van der Waals surface area contributed by atoms with Crippen molar-refractivity contribution in [2.24, 2.45) is 0 Å². The Morgan fingerprint density at radius 2 is 1.48 bits per heavy atom. The maximum atomic E-state index is 13.3. The molecular weight excluding hydrogens is 735 g/mol. The van der Waals surface area contributed by atoms with E-state index in [4.69, 9.17) is 39.2 Å². The van der Waals surface area contributed by atoms with E-state index in [1.54, 1.807) is 14.2 Å². The van der Waals surface area contributed by atoms with Gasteiger partial charge in [-0.15, -0.1) is 6.42 Å². The van der Waals surface area contributed by atoms with Crippen LogP contribution in [0.1, 0.15) is 57.0 Å². The van der Waals surface area contributed by atoms with Gasteiger partial charge in [0.05, 0.1) is 39.9 Å². The quantitative estimate of drug-likeness (QED) is 0.0507. The molecule has 1 unspecified atom stereocenters. The predicted molar refractivity (Wildman–Crippen MR) is 212 cm³/mol. The number of terminal acetylenes is 1. The summed E-state index contributed by atoms with van der Waals surface area (Å²) >= 11 is 0. The topological polar surface area (TPSA) is 146 Å². The summed E-state index contributed by atoms with van der Waals surface area (Å²) in [5.41, 5.74) is -0.0641. The lowest BCUT2D eigenvalue weighted by atomic mass is 9.80. The molecule has 0 aliphatic carbocycles. The van der Waals surface area contributed by atoms with E-state index in [2.05, 4.69) is 21.6 Å². The number of nitrogens with one attached hydrogen (secondary N) is 1. The first-order valence-electron chi connectivity index (χ1n) is 18.3. The number of hydrogen-bond donors (Lipinski definition) is 1. The lowest BCUT2D eigenvalue weighted by Crippen LogP contribution is -2.43. The van der Waals surface area contributed by atoms with Crippen molar-refractivity contribution in [1.29, 1.82) is 5.26 Å². The summed E-state index contributed by atoms with van der Waals surface area (Å²) in [5, 5.41) is 9.37. The maximum Gasteiger partial charge on any atom is 0.330 e. The Morgan fingerprint density at radius 1 is 0.893 bits per heavy atom. The molecule has 1 fully saturated rings. The summed E-state index contributed by atoms with van der Waals surface area (Å²) < 4.78 is 47.9. The summed E-state index contributed by atoms with van der Waals surface area (Å²) in [6, 6.07) is 28.4. The molecule has 296 valence electrons. The van der Waals surface area contributed by atoms with Crippen molar-refractivity contribution in [2.45, 2.75) is 76.3 Å². The van der Waals surface area contributed by atoms with E-state index in [9.17, 15) is 14.9 Å². The number of aromatic nitrogens is 2. The average molecular weight is 785 g/mol. The third-order valence-electron chi connectivity index (χ3n) is 9.28. The summed E-state index contributed by atoms with van der Waals surface area (Å²) in [4.78, 5) is 27.7. The molecule has 2 heterocycles. The fourth-order valence-corrected chi connectivity index (χ4v) is 8.59. The highest BCUT2D eigenvalue weighted by molar-refractivity contribution is 7.44. The van der Waals surface area contributed by atoms with Crippen molar-refractivity contribution < 1.29 is 32.7 Å². The van der Waals surface area contributed by atoms with Gasteiger partial charge < -0.3 is 32.7 Å². The molecule has 13 nitrogen and oxygen atoms in total. The monoisotopic (exact) mass is 784 g/mol. The van der Waals surface area contributed by atoms with Crippen molar-refractivity contribution in [1.82, 2.24) is 14.2 Å². The Labute approximate surface area is 329 Å². The molecule has 0 saturated carbocycles. The van der Waals surface area contributed by atoms with Gasteiger partial charge in [-0.1, -0.05) is 60.5 Å². The predicted octanol–water partition coefficient (Wildman–Crippen LogP) is 6.14. The van der Waals surface area contributed by atoms with Crippen LogP contribution in [0.2, 0.25) is 0 Å². The van der Waals surface area contributed by atoms with E-state index in [0.717, 1.165) is 16.7 Å². The van der Waals surface area contributed by atoms with E-state index < -0.39 is 49.9 Å². The Kier molecular flexibility index (Phi) is 15.0. The Morgan fingerprint density at radius 3 is 2.00 bits per heavy atom. The molecule has 0 radical (unpaired) electrons. The fourth-order valence-electron chi connectivity index (χ4n) is 6.82. The molecule has 14 heteroatoms. The van der Waals surface area contributed by atoms with Crippen LogP contribution in [-0.2, 0) is 28.9 Å². The normalized spacial score (nSPS) is 18.8. The number of methoxy groups -OCH3 is 2. The summed E-state index contributed by atoms with van der Waals surface area (Å²) in [7, 11) is 1.38. The van der Waals surface area contributed by atoms with Crippen molar-refractivity contribution in [2.75, 3.05) is 34.0 Å². The number of benzene rings is 3. The van der Waals surface area contributed by atoms with Gasteiger partial charge in [-0.25, -0.2) is 9.46 Å². The van der Waals surface area contributed by atoms with Crippen LogP contribution in [0.25, 0.3) is 0 Å². The van der Waals surface area contributed by atoms with E-state index in [1.807, 2.05) is 107 Å². The molecule has 3 aromatic carbocycles.